The Balaban J connectivity index is 1.52. The Morgan fingerprint density at radius 2 is 1.86 bits per heavy atom. The summed E-state index contributed by atoms with van der Waals surface area (Å²) in [6, 6.07) is 7.83. The van der Waals surface area contributed by atoms with Gasteiger partial charge in [-0.3, -0.25) is 0 Å². The average Bonchev–Trinajstić information content (AvgIpc) is 2.67. The Labute approximate surface area is 165 Å². The topological polar surface area (TPSA) is 87.2 Å². The van der Waals surface area contributed by atoms with E-state index in [2.05, 4.69) is 24.9 Å². The Morgan fingerprint density at radius 3 is 2.61 bits per heavy atom. The molecule has 7 nitrogen and oxygen atoms in total. The molecule has 9 heteroatoms. The third kappa shape index (κ3) is 5.87. The summed E-state index contributed by atoms with van der Waals surface area (Å²) in [5, 5.41) is 3.06. The zero-order chi connectivity index (χ0) is 20.0. The Hall–Kier alpha value is -2.26. The molecule has 28 heavy (non-hydrogen) atoms. The van der Waals surface area contributed by atoms with Gasteiger partial charge in [0.1, 0.15) is 11.6 Å². The van der Waals surface area contributed by atoms with Gasteiger partial charge in [-0.2, -0.15) is 4.98 Å². The van der Waals surface area contributed by atoms with Gasteiger partial charge in [-0.05, 0) is 32.3 Å². The molecule has 0 aliphatic carbocycles. The number of sulfonamides is 1. The van der Waals surface area contributed by atoms with Gasteiger partial charge in [0.15, 0.2) is 0 Å². The molecule has 0 unspecified atom stereocenters. The third-order valence-corrected chi connectivity index (χ3v) is 5.89. The minimum absolute atomic E-state index is 0.149. The highest BCUT2D eigenvalue weighted by molar-refractivity contribution is 7.88. The number of rotatable bonds is 8. The summed E-state index contributed by atoms with van der Waals surface area (Å²) in [6.45, 7) is 4.39. The molecule has 3 rings (SSSR count). The van der Waals surface area contributed by atoms with Crippen LogP contribution in [-0.2, 0) is 15.8 Å². The first-order chi connectivity index (χ1) is 13.4. The van der Waals surface area contributed by atoms with E-state index >= 15 is 0 Å². The van der Waals surface area contributed by atoms with Crippen LogP contribution in [0.1, 0.15) is 30.5 Å². The largest absolute Gasteiger partial charge is 0.356 e. The third-order valence-electron chi connectivity index (χ3n) is 4.55. The van der Waals surface area contributed by atoms with Crippen LogP contribution in [0, 0.1) is 12.7 Å². The fraction of sp³-hybridized carbons (Fsp3) is 0.474. The first-order valence-electron chi connectivity index (χ1n) is 9.48. The lowest BCUT2D eigenvalue weighted by atomic mass is 10.1. The van der Waals surface area contributed by atoms with E-state index in [-0.39, 0.29) is 17.9 Å². The molecular formula is C19H26FN5O2S. The summed E-state index contributed by atoms with van der Waals surface area (Å²) in [6.07, 6.45) is 3.57. The predicted octanol–water partition coefficient (Wildman–Crippen LogP) is 2.45. The van der Waals surface area contributed by atoms with Crippen molar-refractivity contribution < 1.29 is 12.8 Å². The number of piperidine rings is 1. The molecule has 0 spiro atoms. The normalized spacial score (nSPS) is 14.9. The van der Waals surface area contributed by atoms with Crippen LogP contribution in [0.4, 0.5) is 16.2 Å². The van der Waals surface area contributed by atoms with Gasteiger partial charge in [0, 0.05) is 43.5 Å². The van der Waals surface area contributed by atoms with E-state index in [1.807, 2.05) is 13.0 Å². The van der Waals surface area contributed by atoms with E-state index in [1.54, 1.807) is 6.07 Å². The summed E-state index contributed by atoms with van der Waals surface area (Å²) < 4.78 is 40.4. The molecule has 0 radical (unpaired) electrons. The van der Waals surface area contributed by atoms with Gasteiger partial charge < -0.3 is 10.2 Å². The molecule has 2 N–H and O–H groups in total. The molecule has 1 aromatic heterocycles. The van der Waals surface area contributed by atoms with Crippen molar-refractivity contribution in [1.29, 1.82) is 0 Å². The molecule has 1 fully saturated rings. The second-order valence-electron chi connectivity index (χ2n) is 6.91. The van der Waals surface area contributed by atoms with Crippen molar-refractivity contribution in [3.8, 4) is 0 Å². The zero-order valence-corrected chi connectivity index (χ0v) is 16.8. The number of nitrogens with zero attached hydrogens (tertiary/aromatic N) is 3. The van der Waals surface area contributed by atoms with Gasteiger partial charge in [0.25, 0.3) is 0 Å². The first kappa shape index (κ1) is 20.5. The fourth-order valence-electron chi connectivity index (χ4n) is 3.17. The Morgan fingerprint density at radius 1 is 1.11 bits per heavy atom. The number of anilines is 2. The van der Waals surface area contributed by atoms with Crippen LogP contribution < -0.4 is 14.9 Å². The lowest BCUT2D eigenvalue weighted by Gasteiger charge is -2.28. The Kier molecular flexibility index (Phi) is 6.79. The molecule has 1 aromatic carbocycles. The number of aryl methyl sites for hydroxylation is 1. The van der Waals surface area contributed by atoms with Crippen LogP contribution in [0.25, 0.3) is 0 Å². The highest BCUT2D eigenvalue weighted by atomic mass is 32.2. The molecule has 0 bridgehead atoms. The van der Waals surface area contributed by atoms with Crippen LogP contribution in [0.3, 0.4) is 0 Å². The van der Waals surface area contributed by atoms with Crippen molar-refractivity contribution in [1.82, 2.24) is 14.7 Å². The monoisotopic (exact) mass is 407 g/mol. The molecule has 2 heterocycles. The fourth-order valence-corrected chi connectivity index (χ4v) is 4.33. The summed E-state index contributed by atoms with van der Waals surface area (Å²) in [5.74, 6) is 0.466. The molecule has 0 saturated carbocycles. The lowest BCUT2D eigenvalue weighted by molar-refractivity contribution is 0.572. The van der Waals surface area contributed by atoms with Gasteiger partial charge in [0.05, 0.1) is 5.75 Å². The molecule has 0 atom stereocenters. The summed E-state index contributed by atoms with van der Waals surface area (Å²) in [4.78, 5) is 11.2. The van der Waals surface area contributed by atoms with Crippen LogP contribution in [0.15, 0.2) is 30.3 Å². The maximum atomic E-state index is 13.6. The van der Waals surface area contributed by atoms with E-state index in [9.17, 15) is 12.8 Å². The molecule has 0 amide bonds. The maximum Gasteiger partial charge on any atom is 0.224 e. The SMILES string of the molecule is Cc1cc(N2CCCCC2)nc(NCCNS(=O)(=O)Cc2ccccc2F)n1. The molecular weight excluding hydrogens is 381 g/mol. The second-order valence-corrected chi connectivity index (χ2v) is 8.72. The lowest BCUT2D eigenvalue weighted by Crippen LogP contribution is -2.31. The van der Waals surface area contributed by atoms with E-state index in [1.165, 1.54) is 24.6 Å². The summed E-state index contributed by atoms with van der Waals surface area (Å²) in [5.41, 5.74) is 1.01. The molecule has 1 saturated heterocycles. The smallest absolute Gasteiger partial charge is 0.224 e. The predicted molar refractivity (Wildman–Crippen MR) is 108 cm³/mol. The van der Waals surface area contributed by atoms with Crippen molar-refractivity contribution >= 4 is 21.8 Å². The standard InChI is InChI=1S/C19H26FN5O2S/c1-15-13-18(25-11-5-2-6-12-25)24-19(23-15)21-9-10-22-28(26,27)14-16-7-3-4-8-17(16)20/h3-4,7-8,13,22H,2,5-6,9-12,14H2,1H3,(H,21,23,24). The zero-order valence-electron chi connectivity index (χ0n) is 16.0. The van der Waals surface area contributed by atoms with Crippen LogP contribution in [0.5, 0.6) is 0 Å². The first-order valence-corrected chi connectivity index (χ1v) is 11.1. The van der Waals surface area contributed by atoms with Crippen molar-refractivity contribution in [2.45, 2.75) is 31.9 Å². The van der Waals surface area contributed by atoms with Crippen molar-refractivity contribution in [3.05, 3.63) is 47.4 Å². The quantitative estimate of drug-likeness (QED) is 0.654. The van der Waals surface area contributed by atoms with E-state index in [0.717, 1.165) is 37.4 Å². The van der Waals surface area contributed by atoms with Crippen molar-refractivity contribution in [3.63, 3.8) is 0 Å². The number of nitrogens with one attached hydrogen (secondary N) is 2. The van der Waals surface area contributed by atoms with Gasteiger partial charge in [0.2, 0.25) is 16.0 Å². The summed E-state index contributed by atoms with van der Waals surface area (Å²) >= 11 is 0. The highest BCUT2D eigenvalue weighted by Crippen LogP contribution is 2.19. The highest BCUT2D eigenvalue weighted by Gasteiger charge is 2.15. The van der Waals surface area contributed by atoms with Gasteiger partial charge >= 0.3 is 0 Å². The van der Waals surface area contributed by atoms with Gasteiger partial charge in [-0.15, -0.1) is 0 Å². The van der Waals surface area contributed by atoms with Gasteiger partial charge in [-0.1, -0.05) is 18.2 Å². The molecule has 1 aliphatic heterocycles. The van der Waals surface area contributed by atoms with Gasteiger partial charge in [-0.25, -0.2) is 22.5 Å². The van der Waals surface area contributed by atoms with E-state index in [0.29, 0.717) is 12.5 Å². The molecule has 152 valence electrons. The van der Waals surface area contributed by atoms with E-state index in [4.69, 9.17) is 0 Å². The minimum atomic E-state index is -3.62. The minimum Gasteiger partial charge on any atom is -0.356 e. The number of hydrogen-bond donors (Lipinski definition) is 2. The second kappa shape index (κ2) is 9.29. The average molecular weight is 408 g/mol. The van der Waals surface area contributed by atoms with Crippen LogP contribution in [0.2, 0.25) is 0 Å². The maximum absolute atomic E-state index is 13.6. The molecule has 2 aromatic rings. The number of hydrogen-bond acceptors (Lipinski definition) is 6. The Bertz CT molecular complexity index is 901. The van der Waals surface area contributed by atoms with Crippen molar-refractivity contribution in [2.24, 2.45) is 0 Å². The summed E-state index contributed by atoms with van der Waals surface area (Å²) in [7, 11) is -3.62. The van der Waals surface area contributed by atoms with Crippen molar-refractivity contribution in [2.75, 3.05) is 36.4 Å². The number of aromatic nitrogens is 2. The van der Waals surface area contributed by atoms with E-state index < -0.39 is 15.8 Å². The van der Waals surface area contributed by atoms with Crippen LogP contribution >= 0.6 is 0 Å². The van der Waals surface area contributed by atoms with Crippen LogP contribution in [-0.4, -0.2) is 44.6 Å². The number of halogens is 1. The molecule has 1 aliphatic rings. The number of benzene rings is 1.